The number of carbonyl (C=O) groups is 1. The molecule has 1 amide bonds. The summed E-state index contributed by atoms with van der Waals surface area (Å²) in [4.78, 5) is 24.3. The number of nitrogens with zero attached hydrogens (tertiary/aromatic N) is 3. The Morgan fingerprint density at radius 3 is 2.73 bits per heavy atom. The molecule has 0 aliphatic carbocycles. The maximum absolute atomic E-state index is 13.5. The van der Waals surface area contributed by atoms with E-state index in [1.54, 1.807) is 0 Å². The van der Waals surface area contributed by atoms with Crippen molar-refractivity contribution in [1.29, 1.82) is 0 Å². The fourth-order valence-electron chi connectivity index (χ4n) is 3.92. The largest absolute Gasteiger partial charge is 0.350 e. The van der Waals surface area contributed by atoms with Gasteiger partial charge in [-0.1, -0.05) is 11.6 Å². The van der Waals surface area contributed by atoms with Crippen molar-refractivity contribution in [2.24, 2.45) is 0 Å². The number of halogens is 2. The number of carbonyl (C=O) groups excluding carboxylic acids is 1. The van der Waals surface area contributed by atoms with Crippen LogP contribution in [-0.4, -0.2) is 58.0 Å². The van der Waals surface area contributed by atoms with Crippen LogP contribution in [0.1, 0.15) is 27.2 Å². The number of piperazine rings is 1. The molecule has 2 bridgehead atoms. The molecule has 3 aliphatic rings. The maximum Gasteiger partial charge on any atom is 0.234 e. The number of amides is 1. The molecule has 6 nitrogen and oxygen atoms in total. The summed E-state index contributed by atoms with van der Waals surface area (Å²) in [5.74, 6) is 0.392. The van der Waals surface area contributed by atoms with Gasteiger partial charge in [-0.2, -0.15) is 0 Å². The number of hydrogen-bond acceptors (Lipinski definition) is 4. The van der Waals surface area contributed by atoms with Crippen LogP contribution in [0.4, 0.5) is 10.3 Å². The summed E-state index contributed by atoms with van der Waals surface area (Å²) in [6.07, 6.45) is 1.09. The molecule has 2 N–H and O–H groups in total. The minimum absolute atomic E-state index is 0.0617. The molecule has 0 spiro atoms. The van der Waals surface area contributed by atoms with Crippen LogP contribution >= 0.6 is 11.6 Å². The van der Waals surface area contributed by atoms with Gasteiger partial charge in [0.15, 0.2) is 0 Å². The van der Waals surface area contributed by atoms with Crippen molar-refractivity contribution in [1.82, 2.24) is 20.2 Å². The standard InChI is InChI=1S/C18H23ClFN5O/c1-18(2,3)23-15(26)9-25-11-6-12(25)8-24(7-11)17-21-14-5-10(20)4-13(19)16(14)22-17/h4-5,11-12H,6-9H2,1-3H3,(H,21,22)(H,23,26). The van der Waals surface area contributed by atoms with E-state index >= 15 is 0 Å². The molecule has 26 heavy (non-hydrogen) atoms. The molecule has 2 unspecified atom stereocenters. The van der Waals surface area contributed by atoms with Gasteiger partial charge in [-0.05, 0) is 39.3 Å². The quantitative estimate of drug-likeness (QED) is 0.860. The van der Waals surface area contributed by atoms with E-state index in [9.17, 15) is 9.18 Å². The molecule has 2 atom stereocenters. The lowest BCUT2D eigenvalue weighted by molar-refractivity contribution is -0.128. The van der Waals surface area contributed by atoms with E-state index in [-0.39, 0.29) is 17.3 Å². The van der Waals surface area contributed by atoms with Crippen LogP contribution in [-0.2, 0) is 4.79 Å². The Morgan fingerprint density at radius 1 is 1.38 bits per heavy atom. The first-order valence-corrected chi connectivity index (χ1v) is 9.24. The van der Waals surface area contributed by atoms with Gasteiger partial charge in [0.1, 0.15) is 11.3 Å². The maximum atomic E-state index is 13.5. The normalized spacial score (nSPS) is 23.2. The molecule has 0 saturated carbocycles. The van der Waals surface area contributed by atoms with E-state index in [0.29, 0.717) is 40.6 Å². The molecule has 4 heterocycles. The number of benzene rings is 1. The Bertz CT molecular complexity index is 849. The van der Waals surface area contributed by atoms with Crippen molar-refractivity contribution < 1.29 is 9.18 Å². The second-order valence-corrected chi connectivity index (χ2v) is 8.67. The average Bonchev–Trinajstić information content (AvgIpc) is 2.95. The third-order valence-corrected chi connectivity index (χ3v) is 5.27. The number of aromatic amines is 1. The van der Waals surface area contributed by atoms with Crippen molar-refractivity contribution >= 4 is 34.5 Å². The van der Waals surface area contributed by atoms with Crippen molar-refractivity contribution in [2.45, 2.75) is 44.8 Å². The minimum Gasteiger partial charge on any atom is -0.350 e. The highest BCUT2D eigenvalue weighted by Crippen LogP contribution is 2.34. The molecule has 140 valence electrons. The second-order valence-electron chi connectivity index (χ2n) is 8.26. The average molecular weight is 380 g/mol. The highest BCUT2D eigenvalue weighted by atomic mass is 35.5. The van der Waals surface area contributed by atoms with Crippen LogP contribution < -0.4 is 10.2 Å². The number of nitrogens with one attached hydrogen (secondary N) is 2. The lowest BCUT2D eigenvalue weighted by Crippen LogP contribution is -2.70. The van der Waals surface area contributed by atoms with E-state index < -0.39 is 0 Å². The monoisotopic (exact) mass is 379 g/mol. The number of anilines is 1. The van der Waals surface area contributed by atoms with Crippen molar-refractivity contribution in [3.05, 3.63) is 23.0 Å². The van der Waals surface area contributed by atoms with Crippen LogP contribution in [0.5, 0.6) is 0 Å². The smallest absolute Gasteiger partial charge is 0.234 e. The van der Waals surface area contributed by atoms with Gasteiger partial charge >= 0.3 is 0 Å². The second kappa shape index (κ2) is 6.09. The summed E-state index contributed by atoms with van der Waals surface area (Å²) >= 11 is 6.09. The van der Waals surface area contributed by atoms with Gasteiger partial charge in [0, 0.05) is 30.7 Å². The topological polar surface area (TPSA) is 64.3 Å². The first-order chi connectivity index (χ1) is 12.2. The molecule has 5 rings (SSSR count). The predicted octanol–water partition coefficient (Wildman–Crippen LogP) is 2.53. The summed E-state index contributed by atoms with van der Waals surface area (Å²) in [6.45, 7) is 7.97. The molecule has 8 heteroatoms. The lowest BCUT2D eigenvalue weighted by Gasteiger charge is -2.56. The first kappa shape index (κ1) is 17.5. The molecule has 3 saturated heterocycles. The Kier molecular flexibility index (Phi) is 4.11. The van der Waals surface area contributed by atoms with Crippen LogP contribution in [0.2, 0.25) is 5.02 Å². The van der Waals surface area contributed by atoms with Gasteiger partial charge < -0.3 is 15.2 Å². The number of piperidine rings is 1. The summed E-state index contributed by atoms with van der Waals surface area (Å²) < 4.78 is 13.5. The van der Waals surface area contributed by atoms with Crippen LogP contribution in [0.3, 0.4) is 0 Å². The summed E-state index contributed by atoms with van der Waals surface area (Å²) in [5, 5.41) is 3.33. The van der Waals surface area contributed by atoms with Gasteiger partial charge in [-0.3, -0.25) is 9.69 Å². The fourth-order valence-corrected chi connectivity index (χ4v) is 4.17. The number of hydrogen-bond donors (Lipinski definition) is 2. The summed E-state index contributed by atoms with van der Waals surface area (Å²) in [5.41, 5.74) is 0.973. The van der Waals surface area contributed by atoms with Gasteiger partial charge in [0.05, 0.1) is 17.1 Å². The Labute approximate surface area is 156 Å². The SMILES string of the molecule is CC(C)(C)NC(=O)CN1C2CC1CN(c1nc3c(Cl)cc(F)cc3[nH]1)C2. The van der Waals surface area contributed by atoms with Crippen molar-refractivity contribution in [3.63, 3.8) is 0 Å². The highest BCUT2D eigenvalue weighted by molar-refractivity contribution is 6.35. The number of aromatic nitrogens is 2. The van der Waals surface area contributed by atoms with Crippen molar-refractivity contribution in [3.8, 4) is 0 Å². The van der Waals surface area contributed by atoms with E-state index in [1.165, 1.54) is 12.1 Å². The predicted molar refractivity (Wildman–Crippen MR) is 100 cm³/mol. The number of fused-ring (bicyclic) bond motifs is 3. The number of rotatable bonds is 3. The zero-order chi connectivity index (χ0) is 18.6. The molecule has 0 radical (unpaired) electrons. The molecule has 1 aromatic carbocycles. The van der Waals surface area contributed by atoms with Crippen LogP contribution in [0.15, 0.2) is 12.1 Å². The van der Waals surface area contributed by atoms with E-state index in [2.05, 4.69) is 25.1 Å². The van der Waals surface area contributed by atoms with Gasteiger partial charge in [0.2, 0.25) is 11.9 Å². The number of imidazole rings is 1. The fraction of sp³-hybridized carbons (Fsp3) is 0.556. The molecular formula is C18H23ClFN5O. The van der Waals surface area contributed by atoms with E-state index in [4.69, 9.17) is 11.6 Å². The summed E-state index contributed by atoms with van der Waals surface area (Å²) in [7, 11) is 0. The molecule has 3 aliphatic heterocycles. The van der Waals surface area contributed by atoms with Crippen LogP contribution in [0.25, 0.3) is 11.0 Å². The number of H-pyrrole nitrogens is 1. The Morgan fingerprint density at radius 2 is 2.08 bits per heavy atom. The molecule has 2 aromatic rings. The third kappa shape index (κ3) is 3.25. The van der Waals surface area contributed by atoms with E-state index in [0.717, 1.165) is 19.5 Å². The third-order valence-electron chi connectivity index (χ3n) is 4.98. The summed E-state index contributed by atoms with van der Waals surface area (Å²) in [6, 6.07) is 3.35. The molecular weight excluding hydrogens is 357 g/mol. The van der Waals surface area contributed by atoms with Crippen LogP contribution in [0, 0.1) is 5.82 Å². The first-order valence-electron chi connectivity index (χ1n) is 8.86. The van der Waals surface area contributed by atoms with Gasteiger partial charge in [-0.15, -0.1) is 0 Å². The molecule has 3 fully saturated rings. The Hall–Kier alpha value is -1.86. The lowest BCUT2D eigenvalue weighted by atomic mass is 9.87. The Balaban J connectivity index is 1.44. The zero-order valence-corrected chi connectivity index (χ0v) is 15.9. The molecule has 1 aromatic heterocycles. The highest BCUT2D eigenvalue weighted by Gasteiger charge is 2.46. The van der Waals surface area contributed by atoms with Gasteiger partial charge in [0.25, 0.3) is 0 Å². The van der Waals surface area contributed by atoms with Gasteiger partial charge in [-0.25, -0.2) is 9.37 Å². The van der Waals surface area contributed by atoms with Crippen molar-refractivity contribution in [2.75, 3.05) is 24.5 Å². The minimum atomic E-state index is -0.379. The zero-order valence-electron chi connectivity index (χ0n) is 15.1. The van der Waals surface area contributed by atoms with E-state index in [1.807, 2.05) is 20.8 Å².